The van der Waals surface area contributed by atoms with Gasteiger partial charge in [-0.1, -0.05) is 45.2 Å². The van der Waals surface area contributed by atoms with Crippen LogP contribution in [-0.4, -0.2) is 25.7 Å². The van der Waals surface area contributed by atoms with Crippen LogP contribution in [0.3, 0.4) is 0 Å². The number of carbonyl (C=O) groups excluding carboxylic acids is 1. The van der Waals surface area contributed by atoms with E-state index in [-0.39, 0.29) is 5.91 Å². The van der Waals surface area contributed by atoms with Crippen molar-refractivity contribution in [1.29, 1.82) is 0 Å². The fourth-order valence-corrected chi connectivity index (χ4v) is 2.29. The lowest BCUT2D eigenvalue weighted by molar-refractivity contribution is -0.127. The number of rotatable bonds is 10. The number of hydrogen-bond acceptors (Lipinski definition) is 3. The van der Waals surface area contributed by atoms with E-state index in [1.807, 2.05) is 18.2 Å². The summed E-state index contributed by atoms with van der Waals surface area (Å²) in [5.74, 6) is 1.69. The summed E-state index contributed by atoms with van der Waals surface area (Å²) in [4.78, 5) is 12.2. The Morgan fingerprint density at radius 2 is 1.91 bits per heavy atom. The Hall–Kier alpha value is -1.71. The van der Waals surface area contributed by atoms with Crippen molar-refractivity contribution < 1.29 is 14.3 Å². The number of nitrogens with one attached hydrogen (secondary N) is 1. The van der Waals surface area contributed by atoms with Gasteiger partial charge in [-0.15, -0.1) is 0 Å². The van der Waals surface area contributed by atoms with Gasteiger partial charge in [0.05, 0.1) is 7.11 Å². The zero-order valence-electron chi connectivity index (χ0n) is 14.2. The lowest BCUT2D eigenvalue weighted by Gasteiger charge is -2.19. The molecule has 2 atom stereocenters. The summed E-state index contributed by atoms with van der Waals surface area (Å²) < 4.78 is 10.9. The van der Waals surface area contributed by atoms with Crippen LogP contribution in [0.2, 0.25) is 0 Å². The average Bonchev–Trinajstić information content (AvgIpc) is 2.55. The van der Waals surface area contributed by atoms with Gasteiger partial charge in [0.15, 0.2) is 17.6 Å². The topological polar surface area (TPSA) is 47.6 Å². The second kappa shape index (κ2) is 10.1. The first-order valence-corrected chi connectivity index (χ1v) is 8.19. The third-order valence-corrected chi connectivity index (χ3v) is 3.85. The van der Waals surface area contributed by atoms with Crippen LogP contribution in [0, 0.1) is 5.92 Å². The van der Waals surface area contributed by atoms with Gasteiger partial charge >= 0.3 is 0 Å². The van der Waals surface area contributed by atoms with Crippen molar-refractivity contribution in [3.8, 4) is 11.5 Å². The Morgan fingerprint density at radius 1 is 1.23 bits per heavy atom. The molecule has 0 aliphatic rings. The molecule has 1 rings (SSSR count). The third kappa shape index (κ3) is 5.96. The minimum Gasteiger partial charge on any atom is -0.493 e. The van der Waals surface area contributed by atoms with E-state index in [1.54, 1.807) is 20.1 Å². The molecule has 0 aliphatic carbocycles. The first kappa shape index (κ1) is 18.3. The largest absolute Gasteiger partial charge is 0.493 e. The van der Waals surface area contributed by atoms with Crippen molar-refractivity contribution in [2.24, 2.45) is 5.92 Å². The molecule has 1 N–H and O–H groups in total. The maximum Gasteiger partial charge on any atom is 0.260 e. The molecule has 124 valence electrons. The van der Waals surface area contributed by atoms with E-state index in [4.69, 9.17) is 9.47 Å². The van der Waals surface area contributed by atoms with Crippen molar-refractivity contribution in [2.45, 2.75) is 52.6 Å². The predicted octanol–water partition coefficient (Wildman–Crippen LogP) is 3.80. The monoisotopic (exact) mass is 307 g/mol. The normalized spacial score (nSPS) is 13.3. The Kier molecular flexibility index (Phi) is 8.41. The second-order valence-corrected chi connectivity index (χ2v) is 5.57. The molecule has 0 saturated carbocycles. The molecular formula is C18H29NO3. The SMILES string of the molecule is CCCC[C@H](CC)CNC(=O)[C@H](C)Oc1ccccc1OC. The summed E-state index contributed by atoms with van der Waals surface area (Å²) in [5, 5.41) is 3.00. The number of unbranched alkanes of at least 4 members (excludes halogenated alkanes) is 1. The molecule has 0 heterocycles. The first-order valence-electron chi connectivity index (χ1n) is 8.19. The summed E-state index contributed by atoms with van der Waals surface area (Å²) in [7, 11) is 1.59. The van der Waals surface area contributed by atoms with E-state index < -0.39 is 6.10 Å². The van der Waals surface area contributed by atoms with Crippen LogP contribution >= 0.6 is 0 Å². The van der Waals surface area contributed by atoms with Crippen molar-refractivity contribution in [2.75, 3.05) is 13.7 Å². The minimum absolute atomic E-state index is 0.0825. The predicted molar refractivity (Wildman–Crippen MR) is 89.4 cm³/mol. The van der Waals surface area contributed by atoms with E-state index in [2.05, 4.69) is 19.2 Å². The molecule has 22 heavy (non-hydrogen) atoms. The average molecular weight is 307 g/mol. The molecule has 0 aliphatic heterocycles. The van der Waals surface area contributed by atoms with Crippen molar-refractivity contribution >= 4 is 5.91 Å². The van der Waals surface area contributed by atoms with E-state index in [0.717, 1.165) is 19.4 Å². The van der Waals surface area contributed by atoms with E-state index in [1.165, 1.54) is 12.8 Å². The van der Waals surface area contributed by atoms with Gasteiger partial charge in [0.1, 0.15) is 0 Å². The van der Waals surface area contributed by atoms with Crippen molar-refractivity contribution in [3.05, 3.63) is 24.3 Å². The van der Waals surface area contributed by atoms with Gasteiger partial charge in [-0.25, -0.2) is 0 Å². The Labute approximate surface area is 134 Å². The molecular weight excluding hydrogens is 278 g/mol. The summed E-state index contributed by atoms with van der Waals surface area (Å²) in [6.07, 6.45) is 4.11. The van der Waals surface area contributed by atoms with E-state index >= 15 is 0 Å². The third-order valence-electron chi connectivity index (χ3n) is 3.85. The molecule has 0 bridgehead atoms. The van der Waals surface area contributed by atoms with Gasteiger partial charge in [0.2, 0.25) is 0 Å². The standard InChI is InChI=1S/C18H29NO3/c1-5-7-10-15(6-2)13-19-18(20)14(3)22-17-12-9-8-11-16(17)21-4/h8-9,11-12,14-15H,5-7,10,13H2,1-4H3,(H,19,20)/t14-,15-/m0/s1. The minimum atomic E-state index is -0.542. The lowest BCUT2D eigenvalue weighted by atomic mass is 9.99. The van der Waals surface area contributed by atoms with Gasteiger partial charge in [0.25, 0.3) is 5.91 Å². The first-order chi connectivity index (χ1) is 10.6. The fraction of sp³-hybridized carbons (Fsp3) is 0.611. The van der Waals surface area contributed by atoms with Crippen LogP contribution < -0.4 is 14.8 Å². The highest BCUT2D eigenvalue weighted by molar-refractivity contribution is 5.80. The number of methoxy groups -OCH3 is 1. The van der Waals surface area contributed by atoms with E-state index in [9.17, 15) is 4.79 Å². The van der Waals surface area contributed by atoms with Crippen LogP contribution in [0.5, 0.6) is 11.5 Å². The summed E-state index contributed by atoms with van der Waals surface area (Å²) in [5.41, 5.74) is 0. The molecule has 4 nitrogen and oxygen atoms in total. The van der Waals surface area contributed by atoms with Crippen LogP contribution in [0.4, 0.5) is 0 Å². The van der Waals surface area contributed by atoms with Crippen molar-refractivity contribution in [1.82, 2.24) is 5.32 Å². The van der Waals surface area contributed by atoms with Crippen LogP contribution in [-0.2, 0) is 4.79 Å². The smallest absolute Gasteiger partial charge is 0.260 e. The van der Waals surface area contributed by atoms with Crippen molar-refractivity contribution in [3.63, 3.8) is 0 Å². The van der Waals surface area contributed by atoms with Gasteiger partial charge in [0, 0.05) is 6.54 Å². The number of para-hydroxylation sites is 2. The highest BCUT2D eigenvalue weighted by Crippen LogP contribution is 2.26. The second-order valence-electron chi connectivity index (χ2n) is 5.57. The zero-order valence-corrected chi connectivity index (χ0v) is 14.2. The molecule has 0 fully saturated rings. The van der Waals surface area contributed by atoms with Gasteiger partial charge in [-0.3, -0.25) is 4.79 Å². The number of amides is 1. The van der Waals surface area contributed by atoms with Gasteiger partial charge in [-0.2, -0.15) is 0 Å². The highest BCUT2D eigenvalue weighted by Gasteiger charge is 2.17. The van der Waals surface area contributed by atoms with Gasteiger partial charge in [-0.05, 0) is 31.4 Å². The zero-order chi connectivity index (χ0) is 16.4. The summed E-state index contributed by atoms with van der Waals surface area (Å²) in [6, 6.07) is 7.35. The molecule has 0 saturated heterocycles. The van der Waals surface area contributed by atoms with E-state index in [0.29, 0.717) is 17.4 Å². The Morgan fingerprint density at radius 3 is 2.50 bits per heavy atom. The lowest BCUT2D eigenvalue weighted by Crippen LogP contribution is -2.38. The highest BCUT2D eigenvalue weighted by atomic mass is 16.5. The molecule has 0 spiro atoms. The molecule has 0 radical (unpaired) electrons. The Balaban J connectivity index is 2.47. The number of hydrogen-bond donors (Lipinski definition) is 1. The van der Waals surface area contributed by atoms with Crippen LogP contribution in [0.15, 0.2) is 24.3 Å². The number of ether oxygens (including phenoxy) is 2. The van der Waals surface area contributed by atoms with Crippen LogP contribution in [0.25, 0.3) is 0 Å². The summed E-state index contributed by atoms with van der Waals surface area (Å²) in [6.45, 7) is 6.83. The summed E-state index contributed by atoms with van der Waals surface area (Å²) >= 11 is 0. The molecule has 4 heteroatoms. The molecule has 1 amide bonds. The van der Waals surface area contributed by atoms with Gasteiger partial charge < -0.3 is 14.8 Å². The van der Waals surface area contributed by atoms with Crippen LogP contribution in [0.1, 0.15) is 46.5 Å². The molecule has 1 aromatic rings. The fourth-order valence-electron chi connectivity index (χ4n) is 2.29. The maximum absolute atomic E-state index is 12.2. The quantitative estimate of drug-likeness (QED) is 0.715. The number of carbonyl (C=O) groups is 1. The number of benzene rings is 1. The molecule has 0 aromatic heterocycles. The molecule has 1 aromatic carbocycles. The molecule has 0 unspecified atom stereocenters. The Bertz CT molecular complexity index is 448. The maximum atomic E-state index is 12.2.